The van der Waals surface area contributed by atoms with Gasteiger partial charge in [-0.2, -0.15) is 0 Å². The predicted molar refractivity (Wildman–Crippen MR) is 115 cm³/mol. The molecule has 9 heteroatoms. The zero-order chi connectivity index (χ0) is 20.6. The van der Waals surface area contributed by atoms with Crippen molar-refractivity contribution in [2.75, 3.05) is 11.9 Å². The van der Waals surface area contributed by atoms with Crippen molar-refractivity contribution in [3.63, 3.8) is 0 Å². The number of rotatable bonds is 9. The van der Waals surface area contributed by atoms with Crippen molar-refractivity contribution < 1.29 is 13.9 Å². The first-order valence-electron chi connectivity index (χ1n) is 8.90. The number of aromatic nitrogens is 2. The summed E-state index contributed by atoms with van der Waals surface area (Å²) < 4.78 is 19.9. The highest BCUT2D eigenvalue weighted by atomic mass is 35.5. The molecule has 0 saturated carbocycles. The molecule has 29 heavy (non-hydrogen) atoms. The maximum atomic E-state index is 13.6. The van der Waals surface area contributed by atoms with Crippen LogP contribution in [0.15, 0.2) is 46.8 Å². The molecule has 5 nitrogen and oxygen atoms in total. The second-order valence-electron chi connectivity index (χ2n) is 6.16. The van der Waals surface area contributed by atoms with Crippen LogP contribution < -0.4 is 10.1 Å². The van der Waals surface area contributed by atoms with Gasteiger partial charge in [0.25, 0.3) is 0 Å². The van der Waals surface area contributed by atoms with E-state index in [1.807, 2.05) is 13.0 Å². The van der Waals surface area contributed by atoms with Gasteiger partial charge >= 0.3 is 0 Å². The minimum Gasteiger partial charge on any atom is -0.494 e. The van der Waals surface area contributed by atoms with E-state index in [1.165, 1.54) is 29.2 Å². The highest BCUT2D eigenvalue weighted by Gasteiger charge is 2.10. The van der Waals surface area contributed by atoms with Crippen molar-refractivity contribution in [1.82, 2.24) is 10.2 Å². The van der Waals surface area contributed by atoms with Crippen LogP contribution in [0.3, 0.4) is 0 Å². The van der Waals surface area contributed by atoms with Gasteiger partial charge in [-0.15, -0.1) is 10.2 Å². The van der Waals surface area contributed by atoms with E-state index in [0.717, 1.165) is 11.3 Å². The Balaban J connectivity index is 1.38. The summed E-state index contributed by atoms with van der Waals surface area (Å²) in [6, 6.07) is 12.1. The number of anilines is 1. The van der Waals surface area contributed by atoms with Gasteiger partial charge in [0.15, 0.2) is 4.34 Å². The summed E-state index contributed by atoms with van der Waals surface area (Å²) in [5.74, 6) is 0.793. The fourth-order valence-corrected chi connectivity index (χ4v) is 4.26. The molecule has 0 aliphatic heterocycles. The van der Waals surface area contributed by atoms with Crippen LogP contribution in [-0.4, -0.2) is 22.7 Å². The molecule has 1 aromatic heterocycles. The molecule has 1 N–H and O–H groups in total. The first kappa shape index (κ1) is 21.5. The molecule has 0 radical (unpaired) electrons. The minimum atomic E-state index is -0.242. The Kier molecular flexibility index (Phi) is 7.85. The molecule has 3 aromatic rings. The second-order valence-corrected chi connectivity index (χ2v) is 8.77. The molecule has 2 aromatic carbocycles. The number of carbonyl (C=O) groups excluding carboxylic acids is 1. The fourth-order valence-electron chi connectivity index (χ4n) is 2.39. The van der Waals surface area contributed by atoms with E-state index in [4.69, 9.17) is 16.3 Å². The predicted octanol–water partition coefficient (Wildman–Crippen LogP) is 5.73. The third-order valence-electron chi connectivity index (χ3n) is 3.91. The highest BCUT2D eigenvalue weighted by molar-refractivity contribution is 8.00. The standard InChI is InChI=1S/C20H19ClFN3O2S2/c1-13-11-15(8-9-16(13)21)27-10-4-7-18(26)23-19-24-25-20(29-19)28-12-14-5-2-3-6-17(14)22/h2-3,5-6,8-9,11H,4,7,10,12H2,1H3,(H,23,24,26). The molecular formula is C20H19ClFN3O2S2. The SMILES string of the molecule is Cc1cc(OCCCC(=O)Nc2nnc(SCc3ccccc3F)s2)ccc1Cl. The molecule has 152 valence electrons. The monoisotopic (exact) mass is 451 g/mol. The van der Waals surface area contributed by atoms with Gasteiger partial charge in [-0.3, -0.25) is 4.79 Å². The number of aryl methyl sites for hydroxylation is 1. The zero-order valence-corrected chi connectivity index (χ0v) is 18.0. The smallest absolute Gasteiger partial charge is 0.226 e. The van der Waals surface area contributed by atoms with Gasteiger partial charge in [0.05, 0.1) is 6.61 Å². The van der Waals surface area contributed by atoms with Crippen LogP contribution in [0.4, 0.5) is 9.52 Å². The number of ether oxygens (including phenoxy) is 1. The molecule has 0 spiro atoms. The topological polar surface area (TPSA) is 64.1 Å². The lowest BCUT2D eigenvalue weighted by atomic mass is 10.2. The number of benzene rings is 2. The number of nitrogens with zero attached hydrogens (tertiary/aromatic N) is 2. The Hall–Kier alpha value is -2.16. The molecule has 0 aliphatic rings. The zero-order valence-electron chi connectivity index (χ0n) is 15.7. The van der Waals surface area contributed by atoms with E-state index >= 15 is 0 Å². The van der Waals surface area contributed by atoms with Crippen molar-refractivity contribution in [3.05, 3.63) is 64.4 Å². The van der Waals surface area contributed by atoms with Crippen LogP contribution in [0, 0.1) is 12.7 Å². The molecular weight excluding hydrogens is 433 g/mol. The van der Waals surface area contributed by atoms with Crippen molar-refractivity contribution in [2.45, 2.75) is 29.9 Å². The Labute approximate surface area is 181 Å². The lowest BCUT2D eigenvalue weighted by Gasteiger charge is -2.07. The Bertz CT molecular complexity index is 984. The van der Waals surface area contributed by atoms with Gasteiger partial charge in [-0.05, 0) is 48.7 Å². The summed E-state index contributed by atoms with van der Waals surface area (Å²) in [5, 5.41) is 11.8. The van der Waals surface area contributed by atoms with Crippen molar-refractivity contribution >= 4 is 45.7 Å². The number of nitrogens with one attached hydrogen (secondary N) is 1. The normalized spacial score (nSPS) is 10.7. The Morgan fingerprint density at radius 3 is 2.90 bits per heavy atom. The van der Waals surface area contributed by atoms with Gasteiger partial charge in [-0.25, -0.2) is 4.39 Å². The second kappa shape index (κ2) is 10.6. The minimum absolute atomic E-state index is 0.150. The van der Waals surface area contributed by atoms with Crippen molar-refractivity contribution in [1.29, 1.82) is 0 Å². The number of thioether (sulfide) groups is 1. The highest BCUT2D eigenvalue weighted by Crippen LogP contribution is 2.29. The molecule has 1 heterocycles. The Morgan fingerprint density at radius 2 is 2.10 bits per heavy atom. The molecule has 0 fully saturated rings. The van der Waals surface area contributed by atoms with Gasteiger partial charge in [-0.1, -0.05) is 52.9 Å². The number of carbonyl (C=O) groups is 1. The average molecular weight is 452 g/mol. The van der Waals surface area contributed by atoms with E-state index in [0.29, 0.717) is 45.3 Å². The van der Waals surface area contributed by atoms with Gasteiger partial charge < -0.3 is 10.1 Å². The van der Waals surface area contributed by atoms with Crippen molar-refractivity contribution in [3.8, 4) is 5.75 Å². The van der Waals surface area contributed by atoms with Crippen LogP contribution in [0.25, 0.3) is 0 Å². The van der Waals surface area contributed by atoms with Gasteiger partial charge in [0, 0.05) is 17.2 Å². The molecule has 0 atom stereocenters. The fraction of sp³-hybridized carbons (Fsp3) is 0.250. The van der Waals surface area contributed by atoms with E-state index < -0.39 is 0 Å². The molecule has 3 rings (SSSR count). The molecule has 0 unspecified atom stereocenters. The average Bonchev–Trinajstić information content (AvgIpc) is 3.14. The van der Waals surface area contributed by atoms with Gasteiger partial charge in [0.2, 0.25) is 11.0 Å². The maximum absolute atomic E-state index is 13.6. The van der Waals surface area contributed by atoms with Crippen LogP contribution in [0.1, 0.15) is 24.0 Å². The summed E-state index contributed by atoms with van der Waals surface area (Å²) >= 11 is 8.63. The summed E-state index contributed by atoms with van der Waals surface area (Å²) in [7, 11) is 0. The van der Waals surface area contributed by atoms with E-state index in [-0.39, 0.29) is 11.7 Å². The summed E-state index contributed by atoms with van der Waals surface area (Å²) in [6.07, 6.45) is 0.880. The number of amides is 1. The largest absolute Gasteiger partial charge is 0.494 e. The van der Waals surface area contributed by atoms with E-state index in [2.05, 4.69) is 15.5 Å². The number of halogens is 2. The number of hydrogen-bond acceptors (Lipinski definition) is 6. The lowest BCUT2D eigenvalue weighted by Crippen LogP contribution is -2.12. The van der Waals surface area contributed by atoms with Crippen LogP contribution in [0.5, 0.6) is 5.75 Å². The summed E-state index contributed by atoms with van der Waals surface area (Å²) in [5.41, 5.74) is 1.55. The maximum Gasteiger partial charge on any atom is 0.226 e. The third kappa shape index (κ3) is 6.69. The Morgan fingerprint density at radius 1 is 1.28 bits per heavy atom. The van der Waals surface area contributed by atoms with E-state index in [9.17, 15) is 9.18 Å². The first-order chi connectivity index (χ1) is 14.0. The third-order valence-corrected chi connectivity index (χ3v) is 6.35. The quantitative estimate of drug-likeness (QED) is 0.256. The van der Waals surface area contributed by atoms with Crippen LogP contribution >= 0.6 is 34.7 Å². The van der Waals surface area contributed by atoms with Crippen molar-refractivity contribution in [2.24, 2.45) is 0 Å². The molecule has 0 aliphatic carbocycles. The van der Waals surface area contributed by atoms with Crippen LogP contribution in [0.2, 0.25) is 5.02 Å². The summed E-state index contributed by atoms with van der Waals surface area (Å²) in [6.45, 7) is 2.34. The van der Waals surface area contributed by atoms with Gasteiger partial charge in [0.1, 0.15) is 11.6 Å². The first-order valence-corrected chi connectivity index (χ1v) is 11.1. The summed E-state index contributed by atoms with van der Waals surface area (Å²) in [4.78, 5) is 12.1. The number of hydrogen-bond donors (Lipinski definition) is 1. The molecule has 1 amide bonds. The van der Waals surface area contributed by atoms with Crippen LogP contribution in [-0.2, 0) is 10.5 Å². The molecule has 0 bridgehead atoms. The lowest BCUT2D eigenvalue weighted by molar-refractivity contribution is -0.116. The molecule has 0 saturated heterocycles. The van der Waals surface area contributed by atoms with E-state index in [1.54, 1.807) is 30.3 Å².